The summed E-state index contributed by atoms with van der Waals surface area (Å²) in [5.74, 6) is -0.0191. The second-order valence-corrected chi connectivity index (χ2v) is 6.92. The van der Waals surface area contributed by atoms with Gasteiger partial charge in [-0.3, -0.25) is 19.8 Å². The molecular formula is C17H19N3O3S. The fraction of sp³-hybridized carbons (Fsp3) is 0.353. The average molecular weight is 345 g/mol. The topological polar surface area (TPSA) is 66.7 Å². The average Bonchev–Trinajstić information content (AvgIpc) is 3.06. The molecule has 1 aromatic heterocycles. The van der Waals surface area contributed by atoms with E-state index in [1.165, 1.54) is 22.6 Å². The van der Waals surface area contributed by atoms with E-state index in [4.69, 9.17) is 0 Å². The third-order valence-electron chi connectivity index (χ3n) is 4.56. The molecule has 126 valence electrons. The first-order valence-corrected chi connectivity index (χ1v) is 8.66. The van der Waals surface area contributed by atoms with Crippen molar-refractivity contribution in [3.05, 3.63) is 56.3 Å². The lowest BCUT2D eigenvalue weighted by Gasteiger charge is -2.34. The molecule has 1 atom stereocenters. The molecule has 0 saturated carbocycles. The van der Waals surface area contributed by atoms with Gasteiger partial charge in [0.2, 0.25) is 5.91 Å². The van der Waals surface area contributed by atoms with Crippen LogP contribution < -0.4 is 4.90 Å². The Bertz CT molecular complexity index is 757. The minimum Gasteiger partial charge on any atom is -0.314 e. The standard InChI is InChI=1S/C17H19N3O3S/c1-12-15-8-10-24-16(15)7-9-19(12)11-17(21)18(2)13-3-5-14(6-4-13)20(22)23/h3-6,8,10,12H,7,9,11H2,1-2H3/t12-/m1/s1. The third-order valence-corrected chi connectivity index (χ3v) is 5.56. The quantitative estimate of drug-likeness (QED) is 0.630. The molecule has 2 heterocycles. The molecule has 1 aromatic carbocycles. The maximum Gasteiger partial charge on any atom is 0.269 e. The van der Waals surface area contributed by atoms with Crippen molar-refractivity contribution in [2.24, 2.45) is 0 Å². The van der Waals surface area contributed by atoms with Gasteiger partial charge in [-0.05, 0) is 42.5 Å². The molecule has 0 spiro atoms. The molecule has 0 bridgehead atoms. The summed E-state index contributed by atoms with van der Waals surface area (Å²) in [4.78, 5) is 28.0. The van der Waals surface area contributed by atoms with Gasteiger partial charge in [-0.2, -0.15) is 0 Å². The molecule has 0 radical (unpaired) electrons. The first-order chi connectivity index (χ1) is 11.5. The van der Waals surface area contributed by atoms with Gasteiger partial charge in [-0.1, -0.05) is 0 Å². The Morgan fingerprint density at radius 2 is 2.08 bits per heavy atom. The summed E-state index contributed by atoms with van der Waals surface area (Å²) in [6, 6.07) is 8.41. The lowest BCUT2D eigenvalue weighted by atomic mass is 10.0. The molecule has 0 aliphatic carbocycles. The van der Waals surface area contributed by atoms with Crippen LogP contribution in [0.4, 0.5) is 11.4 Å². The number of hydrogen-bond acceptors (Lipinski definition) is 5. The Morgan fingerprint density at radius 1 is 1.38 bits per heavy atom. The maximum atomic E-state index is 12.6. The van der Waals surface area contributed by atoms with E-state index < -0.39 is 4.92 Å². The summed E-state index contributed by atoms with van der Waals surface area (Å²) < 4.78 is 0. The number of carbonyl (C=O) groups excluding carboxylic acids is 1. The Balaban J connectivity index is 1.67. The highest BCUT2D eigenvalue weighted by Crippen LogP contribution is 2.32. The molecule has 6 nitrogen and oxygen atoms in total. The van der Waals surface area contributed by atoms with Crippen LogP contribution in [-0.2, 0) is 11.2 Å². The van der Waals surface area contributed by atoms with Gasteiger partial charge in [0.05, 0.1) is 11.5 Å². The van der Waals surface area contributed by atoms with Crippen molar-refractivity contribution in [1.82, 2.24) is 4.90 Å². The number of benzene rings is 1. The Hall–Kier alpha value is -2.25. The van der Waals surface area contributed by atoms with E-state index in [2.05, 4.69) is 23.3 Å². The van der Waals surface area contributed by atoms with Crippen molar-refractivity contribution in [2.75, 3.05) is 25.0 Å². The fourth-order valence-corrected chi connectivity index (χ4v) is 3.96. The van der Waals surface area contributed by atoms with E-state index in [0.29, 0.717) is 12.2 Å². The maximum absolute atomic E-state index is 12.6. The van der Waals surface area contributed by atoms with Crippen LogP contribution in [0.5, 0.6) is 0 Å². The highest BCUT2D eigenvalue weighted by atomic mass is 32.1. The molecule has 0 fully saturated rings. The summed E-state index contributed by atoms with van der Waals surface area (Å²) >= 11 is 1.78. The molecule has 1 aliphatic heterocycles. The SMILES string of the molecule is C[C@@H]1c2ccsc2CCN1CC(=O)N(C)c1ccc([N+](=O)[O-])cc1. The van der Waals surface area contributed by atoms with Gasteiger partial charge in [0.1, 0.15) is 0 Å². The molecule has 0 saturated heterocycles. The van der Waals surface area contributed by atoms with Crippen molar-refractivity contribution in [3.63, 3.8) is 0 Å². The van der Waals surface area contributed by atoms with Crippen molar-refractivity contribution >= 4 is 28.6 Å². The summed E-state index contributed by atoms with van der Waals surface area (Å²) in [5.41, 5.74) is 2.00. The summed E-state index contributed by atoms with van der Waals surface area (Å²) in [5, 5.41) is 12.8. The van der Waals surface area contributed by atoms with E-state index in [-0.39, 0.29) is 17.6 Å². The molecule has 1 aliphatic rings. The zero-order chi connectivity index (χ0) is 17.3. The van der Waals surface area contributed by atoms with Crippen LogP contribution in [0.1, 0.15) is 23.4 Å². The Labute approximate surface area is 144 Å². The number of non-ortho nitro benzene ring substituents is 1. The largest absolute Gasteiger partial charge is 0.314 e. The van der Waals surface area contributed by atoms with Crippen LogP contribution in [-0.4, -0.2) is 35.9 Å². The van der Waals surface area contributed by atoms with E-state index in [9.17, 15) is 14.9 Å². The molecule has 3 rings (SSSR count). The van der Waals surface area contributed by atoms with Gasteiger partial charge < -0.3 is 4.90 Å². The lowest BCUT2D eigenvalue weighted by Crippen LogP contribution is -2.42. The number of anilines is 1. The summed E-state index contributed by atoms with van der Waals surface area (Å²) in [6.45, 7) is 3.34. The molecule has 0 N–H and O–H groups in total. The summed E-state index contributed by atoms with van der Waals surface area (Å²) in [6.07, 6.45) is 0.978. The number of rotatable bonds is 4. The molecule has 1 amide bonds. The number of hydrogen-bond donors (Lipinski definition) is 0. The number of nitro groups is 1. The van der Waals surface area contributed by atoms with Gasteiger partial charge in [0, 0.05) is 42.3 Å². The van der Waals surface area contributed by atoms with Crippen LogP contribution in [0.2, 0.25) is 0 Å². The van der Waals surface area contributed by atoms with Gasteiger partial charge in [-0.25, -0.2) is 0 Å². The van der Waals surface area contributed by atoms with E-state index in [0.717, 1.165) is 13.0 Å². The Morgan fingerprint density at radius 3 is 2.75 bits per heavy atom. The second kappa shape index (κ2) is 6.70. The predicted octanol–water partition coefficient (Wildman–Crippen LogP) is 3.24. The third kappa shape index (κ3) is 3.18. The van der Waals surface area contributed by atoms with E-state index in [1.807, 2.05) is 0 Å². The van der Waals surface area contributed by atoms with Crippen molar-refractivity contribution in [2.45, 2.75) is 19.4 Å². The highest BCUT2D eigenvalue weighted by Gasteiger charge is 2.27. The van der Waals surface area contributed by atoms with Crippen LogP contribution in [0.25, 0.3) is 0 Å². The van der Waals surface area contributed by atoms with Gasteiger partial charge >= 0.3 is 0 Å². The number of nitro benzene ring substituents is 1. The molecule has 0 unspecified atom stereocenters. The van der Waals surface area contributed by atoms with Crippen LogP contribution >= 0.6 is 11.3 Å². The number of nitrogens with zero attached hydrogens (tertiary/aromatic N) is 3. The Kier molecular flexibility index (Phi) is 4.64. The van der Waals surface area contributed by atoms with Gasteiger partial charge in [0.15, 0.2) is 0 Å². The molecule has 7 heteroatoms. The number of carbonyl (C=O) groups is 1. The fourth-order valence-electron chi connectivity index (χ4n) is 3.00. The van der Waals surface area contributed by atoms with Crippen molar-refractivity contribution in [3.8, 4) is 0 Å². The highest BCUT2D eigenvalue weighted by molar-refractivity contribution is 7.10. The number of amides is 1. The first-order valence-electron chi connectivity index (χ1n) is 7.78. The van der Waals surface area contributed by atoms with Crippen molar-refractivity contribution < 1.29 is 9.72 Å². The smallest absolute Gasteiger partial charge is 0.269 e. The van der Waals surface area contributed by atoms with E-state index >= 15 is 0 Å². The molecule has 24 heavy (non-hydrogen) atoms. The van der Waals surface area contributed by atoms with Gasteiger partial charge in [-0.15, -0.1) is 11.3 Å². The normalized spacial score (nSPS) is 17.3. The molecule has 2 aromatic rings. The zero-order valence-electron chi connectivity index (χ0n) is 13.6. The molecular weight excluding hydrogens is 326 g/mol. The summed E-state index contributed by atoms with van der Waals surface area (Å²) in [7, 11) is 1.70. The van der Waals surface area contributed by atoms with Gasteiger partial charge in [0.25, 0.3) is 5.69 Å². The van der Waals surface area contributed by atoms with Crippen LogP contribution in [0.3, 0.4) is 0 Å². The lowest BCUT2D eigenvalue weighted by molar-refractivity contribution is -0.384. The monoisotopic (exact) mass is 345 g/mol. The predicted molar refractivity (Wildman–Crippen MR) is 94.5 cm³/mol. The van der Waals surface area contributed by atoms with E-state index in [1.54, 1.807) is 35.4 Å². The second-order valence-electron chi connectivity index (χ2n) is 5.92. The number of likely N-dealkylation sites (N-methyl/N-ethyl adjacent to an activating group) is 1. The number of fused-ring (bicyclic) bond motifs is 1. The number of thiophene rings is 1. The van der Waals surface area contributed by atoms with Crippen LogP contribution in [0, 0.1) is 10.1 Å². The minimum atomic E-state index is -0.445. The zero-order valence-corrected chi connectivity index (χ0v) is 14.5. The minimum absolute atomic E-state index is 0.0191. The van der Waals surface area contributed by atoms with Crippen LogP contribution in [0.15, 0.2) is 35.7 Å². The van der Waals surface area contributed by atoms with Crippen molar-refractivity contribution in [1.29, 1.82) is 0 Å². The first kappa shape index (κ1) is 16.6.